The fraction of sp³-hybridized carbons (Fsp3) is 0.0909. The average Bonchev–Trinajstić information content (AvgIpc) is 2.25. The number of allylic oxidation sites excluding steroid dienone is 2. The molecule has 3 heteroatoms. The molecule has 0 aliphatic carbocycles. The van der Waals surface area contributed by atoms with Gasteiger partial charge in [0, 0.05) is 0 Å². The van der Waals surface area contributed by atoms with E-state index in [1.165, 1.54) is 19.4 Å². The number of hydrazone groups is 1. The molecule has 0 aliphatic rings. The second kappa shape index (κ2) is 6.44. The van der Waals surface area contributed by atoms with Crippen molar-refractivity contribution in [1.29, 1.82) is 0 Å². The third-order valence-electron chi connectivity index (χ3n) is 1.65. The van der Waals surface area contributed by atoms with E-state index in [2.05, 4.69) is 9.50 Å². The van der Waals surface area contributed by atoms with Crippen LogP contribution in [0, 0.1) is 0 Å². The van der Waals surface area contributed by atoms with E-state index in [1.54, 1.807) is 6.21 Å². The molecule has 0 bridgehead atoms. The average molecular weight is 356 g/mol. The van der Waals surface area contributed by atoms with E-state index < -0.39 is 0 Å². The zero-order valence-electron chi connectivity index (χ0n) is 8.00. The van der Waals surface area contributed by atoms with Crippen LogP contribution in [-0.2, 0) is 19.4 Å². The summed E-state index contributed by atoms with van der Waals surface area (Å²) in [6.07, 6.45) is 5.69. The van der Waals surface area contributed by atoms with Crippen molar-refractivity contribution in [2.75, 3.05) is 12.1 Å². The standard InChI is InChI=1S/C11H12N2.W/c1-3-4-10-12-13(2)11-8-6-5-7-9-11;/h1,3-10H,2H3;/b4-3?,12-10+;. The van der Waals surface area contributed by atoms with Crippen LogP contribution in [-0.4, -0.2) is 17.7 Å². The van der Waals surface area contributed by atoms with Crippen LogP contribution >= 0.6 is 0 Å². The first kappa shape index (κ1) is 11.1. The summed E-state index contributed by atoms with van der Waals surface area (Å²) in [5.41, 5.74) is 1.09. The fourth-order valence-corrected chi connectivity index (χ4v) is 1.27. The van der Waals surface area contributed by atoms with Crippen molar-refractivity contribution >= 4 is 16.3 Å². The second-order valence-electron chi connectivity index (χ2n) is 2.64. The van der Waals surface area contributed by atoms with Gasteiger partial charge >= 0.3 is 95.3 Å². The predicted molar refractivity (Wildman–Crippen MR) is 58.5 cm³/mol. The molecule has 0 N–H and O–H groups in total. The number of para-hydroxylation sites is 1. The van der Waals surface area contributed by atoms with Crippen LogP contribution in [0.2, 0.25) is 0 Å². The SMILES string of the molecule is CN(/N=C/C=C[CH]=[W])c1ccccc1. The first-order valence-electron chi connectivity index (χ1n) is 4.28. The van der Waals surface area contributed by atoms with Gasteiger partial charge in [0.25, 0.3) is 0 Å². The number of hydrogen-bond acceptors (Lipinski definition) is 2. The zero-order chi connectivity index (χ0) is 10.2. The van der Waals surface area contributed by atoms with Crippen molar-refractivity contribution in [2.24, 2.45) is 5.10 Å². The van der Waals surface area contributed by atoms with Gasteiger partial charge in [-0.05, 0) is 0 Å². The van der Waals surface area contributed by atoms with E-state index >= 15 is 0 Å². The van der Waals surface area contributed by atoms with E-state index in [1.807, 2.05) is 54.5 Å². The Morgan fingerprint density at radius 3 is 2.57 bits per heavy atom. The Hall–Kier alpha value is -1.01. The molecule has 14 heavy (non-hydrogen) atoms. The number of benzene rings is 1. The summed E-state index contributed by atoms with van der Waals surface area (Å²) in [4.78, 5) is 0. The van der Waals surface area contributed by atoms with Crippen molar-refractivity contribution in [3.05, 3.63) is 42.5 Å². The molecule has 1 rings (SSSR count). The van der Waals surface area contributed by atoms with E-state index in [0.29, 0.717) is 0 Å². The van der Waals surface area contributed by atoms with Gasteiger partial charge in [-0.3, -0.25) is 0 Å². The quantitative estimate of drug-likeness (QED) is 0.596. The number of nitrogens with zero attached hydrogens (tertiary/aromatic N) is 2. The molecular weight excluding hydrogens is 344 g/mol. The van der Waals surface area contributed by atoms with Gasteiger partial charge in [-0.25, -0.2) is 0 Å². The minimum absolute atomic E-state index is 1.09. The molecule has 2 nitrogen and oxygen atoms in total. The molecule has 0 heterocycles. The van der Waals surface area contributed by atoms with Crippen molar-refractivity contribution < 1.29 is 19.4 Å². The Kier molecular flexibility index (Phi) is 5.09. The molecule has 0 saturated heterocycles. The van der Waals surface area contributed by atoms with Crippen molar-refractivity contribution in [1.82, 2.24) is 0 Å². The summed E-state index contributed by atoms with van der Waals surface area (Å²) in [5.74, 6) is 0. The van der Waals surface area contributed by atoms with E-state index in [-0.39, 0.29) is 0 Å². The normalized spacial score (nSPS) is 10.9. The van der Waals surface area contributed by atoms with Crippen LogP contribution in [0.1, 0.15) is 0 Å². The molecule has 1 aromatic rings. The Morgan fingerprint density at radius 1 is 1.21 bits per heavy atom. The van der Waals surface area contributed by atoms with Crippen LogP contribution < -0.4 is 5.01 Å². The molecule has 0 spiro atoms. The van der Waals surface area contributed by atoms with Crippen LogP contribution in [0.25, 0.3) is 0 Å². The number of rotatable bonds is 4. The molecule has 0 amide bonds. The molecule has 72 valence electrons. The summed E-state index contributed by atoms with van der Waals surface area (Å²) in [5, 5.41) is 6.08. The third-order valence-corrected chi connectivity index (χ3v) is 2.21. The molecule has 0 saturated carbocycles. The first-order valence-corrected chi connectivity index (χ1v) is 5.97. The summed E-state index contributed by atoms with van der Waals surface area (Å²) in [6.45, 7) is 0. The summed E-state index contributed by atoms with van der Waals surface area (Å²) >= 11 is 1.45. The number of hydrogen-bond donors (Lipinski definition) is 0. The van der Waals surface area contributed by atoms with E-state index in [0.717, 1.165) is 5.69 Å². The van der Waals surface area contributed by atoms with Gasteiger partial charge in [0.15, 0.2) is 0 Å². The maximum absolute atomic E-state index is 4.24. The molecule has 1 aromatic carbocycles. The fourth-order valence-electron chi connectivity index (χ4n) is 0.944. The van der Waals surface area contributed by atoms with Gasteiger partial charge in [-0.2, -0.15) is 0 Å². The molecule has 0 aliphatic heterocycles. The zero-order valence-corrected chi connectivity index (χ0v) is 10.9. The van der Waals surface area contributed by atoms with Crippen LogP contribution in [0.5, 0.6) is 0 Å². The van der Waals surface area contributed by atoms with Crippen molar-refractivity contribution in [3.8, 4) is 0 Å². The van der Waals surface area contributed by atoms with E-state index in [4.69, 9.17) is 0 Å². The summed E-state index contributed by atoms with van der Waals surface area (Å²) in [7, 11) is 1.93. The third kappa shape index (κ3) is 3.80. The Morgan fingerprint density at radius 2 is 1.93 bits per heavy atom. The summed E-state index contributed by atoms with van der Waals surface area (Å²) < 4.78 is 2.05. The van der Waals surface area contributed by atoms with Gasteiger partial charge < -0.3 is 0 Å². The van der Waals surface area contributed by atoms with Crippen molar-refractivity contribution in [3.63, 3.8) is 0 Å². The molecule has 0 fully saturated rings. The van der Waals surface area contributed by atoms with Crippen LogP contribution in [0.4, 0.5) is 5.69 Å². The molecule has 0 unspecified atom stereocenters. The second-order valence-corrected chi connectivity index (χ2v) is 3.62. The minimum atomic E-state index is 1.09. The molecular formula is C11H12N2W. The summed E-state index contributed by atoms with van der Waals surface area (Å²) in [6, 6.07) is 10.0. The topological polar surface area (TPSA) is 15.6 Å². The van der Waals surface area contributed by atoms with Crippen LogP contribution in [0.3, 0.4) is 0 Å². The monoisotopic (exact) mass is 356 g/mol. The van der Waals surface area contributed by atoms with Gasteiger partial charge in [-0.1, -0.05) is 0 Å². The maximum atomic E-state index is 4.24. The van der Waals surface area contributed by atoms with Crippen molar-refractivity contribution in [2.45, 2.75) is 0 Å². The number of anilines is 1. The predicted octanol–water partition coefficient (Wildman–Crippen LogP) is 2.01. The van der Waals surface area contributed by atoms with Gasteiger partial charge in [0.2, 0.25) is 0 Å². The van der Waals surface area contributed by atoms with Gasteiger partial charge in [0.05, 0.1) is 0 Å². The van der Waals surface area contributed by atoms with Crippen LogP contribution in [0.15, 0.2) is 47.6 Å². The molecule has 0 aromatic heterocycles. The Balaban J connectivity index is 2.58. The van der Waals surface area contributed by atoms with E-state index in [9.17, 15) is 0 Å². The Labute approximate surface area is 95.3 Å². The van der Waals surface area contributed by atoms with Gasteiger partial charge in [-0.15, -0.1) is 0 Å². The molecule has 0 atom stereocenters. The Bertz CT molecular complexity index is 330. The molecule has 0 radical (unpaired) electrons. The van der Waals surface area contributed by atoms with Gasteiger partial charge in [0.1, 0.15) is 0 Å². The first-order chi connectivity index (χ1) is 6.84.